The summed E-state index contributed by atoms with van der Waals surface area (Å²) in [5.74, 6) is -1.20. The fraction of sp³-hybridized carbons (Fsp3) is 0.368. The van der Waals surface area contributed by atoms with E-state index in [-0.39, 0.29) is 11.4 Å². The molecule has 1 fully saturated rings. The van der Waals surface area contributed by atoms with Gasteiger partial charge in [-0.25, -0.2) is 17.8 Å². The summed E-state index contributed by atoms with van der Waals surface area (Å²) in [5, 5.41) is 2.63. The van der Waals surface area contributed by atoms with Gasteiger partial charge in [-0.2, -0.15) is 4.31 Å². The molecule has 0 bridgehead atoms. The lowest BCUT2D eigenvalue weighted by Crippen LogP contribution is -2.36. The average Bonchev–Trinajstić information content (AvgIpc) is 2.70. The summed E-state index contributed by atoms with van der Waals surface area (Å²) in [4.78, 5) is 16.2. The summed E-state index contributed by atoms with van der Waals surface area (Å²) >= 11 is 0. The quantitative estimate of drug-likeness (QED) is 0.795. The SMILES string of the molecule is CCOc1ncccc1NC(=O)c1ccc(F)c(S(=O)(=O)N2CCCCC2)c1. The highest BCUT2D eigenvalue weighted by Gasteiger charge is 2.29. The third-order valence-electron chi connectivity index (χ3n) is 4.43. The molecule has 1 N–H and O–H groups in total. The summed E-state index contributed by atoms with van der Waals surface area (Å²) < 4.78 is 46.5. The molecular formula is C19H22FN3O4S. The van der Waals surface area contributed by atoms with Gasteiger partial charge in [-0.1, -0.05) is 6.42 Å². The van der Waals surface area contributed by atoms with Crippen LogP contribution in [-0.2, 0) is 10.0 Å². The van der Waals surface area contributed by atoms with Crippen molar-refractivity contribution < 1.29 is 22.3 Å². The topological polar surface area (TPSA) is 88.6 Å². The lowest BCUT2D eigenvalue weighted by Gasteiger charge is -2.26. The third kappa shape index (κ3) is 4.31. The maximum atomic E-state index is 14.3. The first-order valence-electron chi connectivity index (χ1n) is 9.12. The van der Waals surface area contributed by atoms with E-state index in [1.807, 2.05) is 0 Å². The van der Waals surface area contributed by atoms with Crippen LogP contribution in [0.4, 0.5) is 10.1 Å². The zero-order valence-corrected chi connectivity index (χ0v) is 16.3. The van der Waals surface area contributed by atoms with Crippen LogP contribution >= 0.6 is 0 Å². The summed E-state index contributed by atoms with van der Waals surface area (Å²) in [6.07, 6.45) is 3.95. The number of carbonyl (C=O) groups excluding carboxylic acids is 1. The summed E-state index contributed by atoms with van der Waals surface area (Å²) in [6.45, 7) is 2.86. The number of ether oxygens (including phenoxy) is 1. The second-order valence-corrected chi connectivity index (χ2v) is 8.26. The van der Waals surface area contributed by atoms with Gasteiger partial charge in [0.05, 0.1) is 6.61 Å². The van der Waals surface area contributed by atoms with E-state index >= 15 is 0 Å². The van der Waals surface area contributed by atoms with Crippen LogP contribution in [0.15, 0.2) is 41.4 Å². The molecule has 1 amide bonds. The van der Waals surface area contributed by atoms with E-state index < -0.39 is 26.6 Å². The molecule has 0 saturated carbocycles. The maximum Gasteiger partial charge on any atom is 0.255 e. The van der Waals surface area contributed by atoms with Crippen LogP contribution in [0.1, 0.15) is 36.5 Å². The zero-order chi connectivity index (χ0) is 20.1. The van der Waals surface area contributed by atoms with Gasteiger partial charge >= 0.3 is 0 Å². The highest BCUT2D eigenvalue weighted by Crippen LogP contribution is 2.25. The van der Waals surface area contributed by atoms with Gasteiger partial charge in [-0.15, -0.1) is 0 Å². The number of aromatic nitrogens is 1. The first-order chi connectivity index (χ1) is 13.4. The molecule has 7 nitrogen and oxygen atoms in total. The van der Waals surface area contributed by atoms with Crippen molar-refractivity contribution in [2.24, 2.45) is 0 Å². The summed E-state index contributed by atoms with van der Waals surface area (Å²) in [7, 11) is -4.00. The minimum Gasteiger partial charge on any atom is -0.476 e. The maximum absolute atomic E-state index is 14.3. The summed E-state index contributed by atoms with van der Waals surface area (Å²) in [6, 6.07) is 6.57. The Morgan fingerprint density at radius 2 is 2.00 bits per heavy atom. The molecule has 0 spiro atoms. The van der Waals surface area contributed by atoms with Crippen LogP contribution in [0.5, 0.6) is 5.88 Å². The van der Waals surface area contributed by atoms with Crippen molar-refractivity contribution in [2.75, 3.05) is 25.0 Å². The second-order valence-electron chi connectivity index (χ2n) is 6.35. The van der Waals surface area contributed by atoms with E-state index in [1.54, 1.807) is 19.1 Å². The number of hydrogen-bond acceptors (Lipinski definition) is 5. The van der Waals surface area contributed by atoms with E-state index in [2.05, 4.69) is 10.3 Å². The highest BCUT2D eigenvalue weighted by atomic mass is 32.2. The van der Waals surface area contributed by atoms with E-state index in [9.17, 15) is 17.6 Å². The van der Waals surface area contributed by atoms with Gasteiger partial charge in [0.25, 0.3) is 5.91 Å². The smallest absolute Gasteiger partial charge is 0.255 e. The zero-order valence-electron chi connectivity index (χ0n) is 15.5. The van der Waals surface area contributed by atoms with Crippen LogP contribution in [-0.4, -0.2) is 43.3 Å². The number of carbonyl (C=O) groups is 1. The molecule has 0 atom stereocenters. The molecule has 150 valence electrons. The Kier molecular flexibility index (Phi) is 6.25. The number of nitrogens with zero attached hydrogens (tertiary/aromatic N) is 2. The van der Waals surface area contributed by atoms with E-state index in [0.29, 0.717) is 25.4 Å². The number of pyridine rings is 1. The van der Waals surface area contributed by atoms with Crippen molar-refractivity contribution in [1.29, 1.82) is 0 Å². The molecule has 2 aromatic rings. The van der Waals surface area contributed by atoms with Crippen LogP contribution in [0.3, 0.4) is 0 Å². The van der Waals surface area contributed by atoms with Crippen molar-refractivity contribution in [1.82, 2.24) is 9.29 Å². The Hall–Kier alpha value is -2.52. The molecule has 0 aliphatic carbocycles. The lowest BCUT2D eigenvalue weighted by atomic mass is 10.2. The number of nitrogens with one attached hydrogen (secondary N) is 1. The minimum atomic E-state index is -4.00. The minimum absolute atomic E-state index is 0.0308. The van der Waals surface area contributed by atoms with Gasteiger partial charge in [0.1, 0.15) is 16.4 Å². The first-order valence-corrected chi connectivity index (χ1v) is 10.6. The number of benzene rings is 1. The number of sulfonamides is 1. The molecule has 1 saturated heterocycles. The molecule has 0 unspecified atom stereocenters. The fourth-order valence-corrected chi connectivity index (χ4v) is 4.63. The molecule has 1 aromatic heterocycles. The van der Waals surface area contributed by atoms with Gasteiger partial charge in [0.2, 0.25) is 15.9 Å². The Balaban J connectivity index is 1.88. The number of halogens is 1. The van der Waals surface area contributed by atoms with Crippen LogP contribution < -0.4 is 10.1 Å². The van der Waals surface area contributed by atoms with Gasteiger partial charge in [0.15, 0.2) is 0 Å². The number of amides is 1. The molecule has 28 heavy (non-hydrogen) atoms. The van der Waals surface area contributed by atoms with Crippen LogP contribution in [0.25, 0.3) is 0 Å². The van der Waals surface area contributed by atoms with E-state index in [4.69, 9.17) is 4.74 Å². The second kappa shape index (κ2) is 8.66. The van der Waals surface area contributed by atoms with Crippen molar-refractivity contribution in [2.45, 2.75) is 31.1 Å². The normalized spacial score (nSPS) is 15.2. The van der Waals surface area contributed by atoms with Crippen LogP contribution in [0, 0.1) is 5.82 Å². The Morgan fingerprint density at radius 3 is 2.71 bits per heavy atom. The van der Waals surface area contributed by atoms with Crippen molar-refractivity contribution in [3.05, 3.63) is 47.9 Å². The van der Waals surface area contributed by atoms with Crippen LogP contribution in [0.2, 0.25) is 0 Å². The monoisotopic (exact) mass is 407 g/mol. The van der Waals surface area contributed by atoms with Gasteiger partial charge in [-0.05, 0) is 50.1 Å². The van der Waals surface area contributed by atoms with Crippen molar-refractivity contribution >= 4 is 21.6 Å². The fourth-order valence-electron chi connectivity index (χ4n) is 3.02. The molecule has 3 rings (SSSR count). The van der Waals surface area contributed by atoms with Gasteiger partial charge in [-0.3, -0.25) is 4.79 Å². The highest BCUT2D eigenvalue weighted by molar-refractivity contribution is 7.89. The Bertz CT molecular complexity index is 959. The molecule has 9 heteroatoms. The standard InChI is InChI=1S/C19H22FN3O4S/c1-2-27-19-16(7-6-10-21-19)22-18(24)14-8-9-15(20)17(13-14)28(25,26)23-11-4-3-5-12-23/h6-10,13H,2-5,11-12H2,1H3,(H,22,24). The summed E-state index contributed by atoms with van der Waals surface area (Å²) in [5.41, 5.74) is 0.377. The predicted molar refractivity (Wildman–Crippen MR) is 102 cm³/mol. The largest absolute Gasteiger partial charge is 0.476 e. The van der Waals surface area contributed by atoms with Crippen molar-refractivity contribution in [3.63, 3.8) is 0 Å². The first kappa shape index (κ1) is 20.2. The molecule has 1 aliphatic rings. The van der Waals surface area contributed by atoms with Crippen molar-refractivity contribution in [3.8, 4) is 5.88 Å². The lowest BCUT2D eigenvalue weighted by molar-refractivity contribution is 0.102. The number of hydrogen-bond donors (Lipinski definition) is 1. The molecule has 1 aromatic carbocycles. The predicted octanol–water partition coefficient (Wildman–Crippen LogP) is 3.05. The van der Waals surface area contributed by atoms with Gasteiger partial charge < -0.3 is 10.1 Å². The Labute approximate surface area is 163 Å². The van der Waals surface area contributed by atoms with E-state index in [0.717, 1.165) is 31.4 Å². The third-order valence-corrected chi connectivity index (χ3v) is 6.34. The molecule has 0 radical (unpaired) electrons. The average molecular weight is 407 g/mol. The van der Waals surface area contributed by atoms with Gasteiger partial charge in [0, 0.05) is 24.8 Å². The number of piperidine rings is 1. The molecule has 2 heterocycles. The molecule has 1 aliphatic heterocycles. The number of rotatable bonds is 6. The number of anilines is 1. The molecular weight excluding hydrogens is 385 g/mol. The van der Waals surface area contributed by atoms with E-state index in [1.165, 1.54) is 16.6 Å². The Morgan fingerprint density at radius 1 is 1.25 bits per heavy atom.